The van der Waals surface area contributed by atoms with Gasteiger partial charge in [0.1, 0.15) is 0 Å². The molecular weight excluding hydrogens is 282 g/mol. The molecule has 0 unspecified atom stereocenters. The summed E-state index contributed by atoms with van der Waals surface area (Å²) in [5.41, 5.74) is 2.18. The van der Waals surface area contributed by atoms with Crippen LogP contribution in [0, 0.1) is 0 Å². The van der Waals surface area contributed by atoms with Gasteiger partial charge in [0.2, 0.25) is 0 Å². The lowest BCUT2D eigenvalue weighted by molar-refractivity contribution is 0.309. The van der Waals surface area contributed by atoms with Crippen molar-refractivity contribution in [3.05, 3.63) is 48.0 Å². The molecule has 0 radical (unpaired) electrons. The van der Waals surface area contributed by atoms with E-state index in [-0.39, 0.29) is 0 Å². The maximum atomic E-state index is 5.60. The molecule has 0 aliphatic rings. The fourth-order valence-electron chi connectivity index (χ4n) is 2.13. The molecule has 0 aromatic heterocycles. The Morgan fingerprint density at radius 2 is 1.95 bits per heavy atom. The van der Waals surface area contributed by atoms with E-state index >= 15 is 0 Å². The van der Waals surface area contributed by atoms with E-state index in [0.29, 0.717) is 13.2 Å². The molecule has 0 heterocycles. The standard InChI is InChI=1S/C17H21NO2S/c1-4-20-16-10-5-7-13(17(16)19-2)12-18-14-8-6-9-15(11-14)21-3/h5-11,18H,4,12H2,1-3H3. The van der Waals surface area contributed by atoms with Crippen LogP contribution in [0.2, 0.25) is 0 Å². The molecule has 0 saturated heterocycles. The number of thioether (sulfide) groups is 1. The Kier molecular flexibility index (Phi) is 5.81. The fourth-order valence-corrected chi connectivity index (χ4v) is 2.59. The summed E-state index contributed by atoms with van der Waals surface area (Å²) in [7, 11) is 1.68. The average molecular weight is 303 g/mol. The Morgan fingerprint density at radius 1 is 1.14 bits per heavy atom. The fraction of sp³-hybridized carbons (Fsp3) is 0.294. The van der Waals surface area contributed by atoms with E-state index in [0.717, 1.165) is 22.7 Å². The molecule has 4 heteroatoms. The summed E-state index contributed by atoms with van der Waals surface area (Å²) in [6.07, 6.45) is 2.08. The normalized spacial score (nSPS) is 10.2. The molecule has 0 amide bonds. The number of rotatable bonds is 7. The van der Waals surface area contributed by atoms with Gasteiger partial charge in [-0.3, -0.25) is 0 Å². The van der Waals surface area contributed by atoms with Gasteiger partial charge in [-0.05, 0) is 37.4 Å². The number of methoxy groups -OCH3 is 1. The Morgan fingerprint density at radius 3 is 2.67 bits per heavy atom. The summed E-state index contributed by atoms with van der Waals surface area (Å²) < 4.78 is 11.1. The topological polar surface area (TPSA) is 30.5 Å². The number of hydrogen-bond acceptors (Lipinski definition) is 4. The number of benzene rings is 2. The highest BCUT2D eigenvalue weighted by atomic mass is 32.2. The second-order valence-electron chi connectivity index (χ2n) is 4.47. The van der Waals surface area contributed by atoms with Crippen LogP contribution in [0.5, 0.6) is 11.5 Å². The van der Waals surface area contributed by atoms with Gasteiger partial charge in [-0.15, -0.1) is 11.8 Å². The quantitative estimate of drug-likeness (QED) is 0.767. The zero-order chi connectivity index (χ0) is 15.1. The molecule has 2 rings (SSSR count). The van der Waals surface area contributed by atoms with Crippen molar-refractivity contribution in [1.82, 2.24) is 0 Å². The zero-order valence-electron chi connectivity index (χ0n) is 12.7. The summed E-state index contributed by atoms with van der Waals surface area (Å²) in [6.45, 7) is 3.29. The van der Waals surface area contributed by atoms with Crippen molar-refractivity contribution in [2.24, 2.45) is 0 Å². The lowest BCUT2D eigenvalue weighted by Gasteiger charge is -2.15. The zero-order valence-corrected chi connectivity index (χ0v) is 13.5. The molecule has 1 N–H and O–H groups in total. The summed E-state index contributed by atoms with van der Waals surface area (Å²) in [4.78, 5) is 1.25. The first-order chi connectivity index (χ1) is 10.3. The largest absolute Gasteiger partial charge is 0.493 e. The average Bonchev–Trinajstić information content (AvgIpc) is 2.53. The third kappa shape index (κ3) is 4.08. The van der Waals surface area contributed by atoms with Crippen LogP contribution in [0.25, 0.3) is 0 Å². The first-order valence-electron chi connectivity index (χ1n) is 6.95. The Balaban J connectivity index is 2.13. The predicted molar refractivity (Wildman–Crippen MR) is 89.7 cm³/mol. The third-order valence-electron chi connectivity index (χ3n) is 3.12. The van der Waals surface area contributed by atoms with Crippen LogP contribution in [-0.4, -0.2) is 20.0 Å². The number of hydrogen-bond donors (Lipinski definition) is 1. The number of para-hydroxylation sites is 1. The van der Waals surface area contributed by atoms with Gasteiger partial charge in [-0.2, -0.15) is 0 Å². The Bertz CT molecular complexity index is 587. The molecule has 3 nitrogen and oxygen atoms in total. The third-order valence-corrected chi connectivity index (χ3v) is 3.84. The van der Waals surface area contributed by atoms with Gasteiger partial charge >= 0.3 is 0 Å². The van der Waals surface area contributed by atoms with Crippen molar-refractivity contribution in [1.29, 1.82) is 0 Å². The van der Waals surface area contributed by atoms with Crippen molar-refractivity contribution in [2.75, 3.05) is 25.3 Å². The smallest absolute Gasteiger partial charge is 0.165 e. The summed E-state index contributed by atoms with van der Waals surface area (Å²) >= 11 is 1.74. The van der Waals surface area contributed by atoms with Crippen LogP contribution in [0.15, 0.2) is 47.4 Å². The molecule has 0 bridgehead atoms. The van der Waals surface area contributed by atoms with Crippen LogP contribution < -0.4 is 14.8 Å². The van der Waals surface area contributed by atoms with Crippen LogP contribution in [0.3, 0.4) is 0 Å². The monoisotopic (exact) mass is 303 g/mol. The highest BCUT2D eigenvalue weighted by molar-refractivity contribution is 7.98. The first-order valence-corrected chi connectivity index (χ1v) is 8.17. The van der Waals surface area contributed by atoms with E-state index in [2.05, 4.69) is 35.8 Å². The van der Waals surface area contributed by atoms with Gasteiger partial charge in [-0.25, -0.2) is 0 Å². The minimum absolute atomic E-state index is 0.628. The molecule has 0 spiro atoms. The van der Waals surface area contributed by atoms with E-state index in [1.807, 2.05) is 25.1 Å². The van der Waals surface area contributed by atoms with Crippen LogP contribution in [0.4, 0.5) is 5.69 Å². The van der Waals surface area contributed by atoms with E-state index in [1.165, 1.54) is 4.90 Å². The molecule has 21 heavy (non-hydrogen) atoms. The SMILES string of the molecule is CCOc1cccc(CNc2cccc(SC)c2)c1OC. The molecule has 112 valence electrons. The van der Waals surface area contributed by atoms with Gasteiger partial charge in [-0.1, -0.05) is 18.2 Å². The van der Waals surface area contributed by atoms with E-state index < -0.39 is 0 Å². The molecule has 2 aromatic carbocycles. The van der Waals surface area contributed by atoms with Crippen molar-refractivity contribution < 1.29 is 9.47 Å². The minimum atomic E-state index is 0.628. The second kappa shape index (κ2) is 7.84. The van der Waals surface area contributed by atoms with Crippen molar-refractivity contribution in [3.63, 3.8) is 0 Å². The highest BCUT2D eigenvalue weighted by Crippen LogP contribution is 2.31. The molecule has 2 aromatic rings. The second-order valence-corrected chi connectivity index (χ2v) is 5.35. The lowest BCUT2D eigenvalue weighted by atomic mass is 10.1. The van der Waals surface area contributed by atoms with Crippen LogP contribution in [-0.2, 0) is 6.54 Å². The van der Waals surface area contributed by atoms with Gasteiger partial charge in [0.25, 0.3) is 0 Å². The van der Waals surface area contributed by atoms with Crippen molar-refractivity contribution in [3.8, 4) is 11.5 Å². The highest BCUT2D eigenvalue weighted by Gasteiger charge is 2.09. The van der Waals surface area contributed by atoms with Gasteiger partial charge in [0.05, 0.1) is 13.7 Å². The van der Waals surface area contributed by atoms with Crippen molar-refractivity contribution in [2.45, 2.75) is 18.4 Å². The molecule has 0 aliphatic carbocycles. The summed E-state index contributed by atoms with van der Waals surface area (Å²) in [5.74, 6) is 1.59. The molecular formula is C17H21NO2S. The van der Waals surface area contributed by atoms with Gasteiger partial charge < -0.3 is 14.8 Å². The summed E-state index contributed by atoms with van der Waals surface area (Å²) in [6, 6.07) is 14.3. The molecule has 0 fully saturated rings. The lowest BCUT2D eigenvalue weighted by Crippen LogP contribution is -2.04. The van der Waals surface area contributed by atoms with E-state index in [1.54, 1.807) is 18.9 Å². The Labute approximate surface area is 130 Å². The minimum Gasteiger partial charge on any atom is -0.493 e. The van der Waals surface area contributed by atoms with Gasteiger partial charge in [0, 0.05) is 22.7 Å². The van der Waals surface area contributed by atoms with Gasteiger partial charge in [0.15, 0.2) is 11.5 Å². The van der Waals surface area contributed by atoms with Crippen molar-refractivity contribution >= 4 is 17.4 Å². The number of nitrogens with one attached hydrogen (secondary N) is 1. The molecule has 0 aliphatic heterocycles. The number of ether oxygens (including phenoxy) is 2. The van der Waals surface area contributed by atoms with E-state index in [9.17, 15) is 0 Å². The molecule has 0 atom stereocenters. The summed E-state index contributed by atoms with van der Waals surface area (Å²) in [5, 5.41) is 3.43. The van der Waals surface area contributed by atoms with E-state index in [4.69, 9.17) is 9.47 Å². The Hall–Kier alpha value is -1.81. The maximum Gasteiger partial charge on any atom is 0.165 e. The first kappa shape index (κ1) is 15.6. The van der Waals surface area contributed by atoms with Crippen LogP contribution in [0.1, 0.15) is 12.5 Å². The van der Waals surface area contributed by atoms with Crippen LogP contribution >= 0.6 is 11.8 Å². The predicted octanol–water partition coefficient (Wildman–Crippen LogP) is 4.43. The number of anilines is 1. The molecule has 0 saturated carbocycles. The maximum absolute atomic E-state index is 5.60.